The number of fused-ring (bicyclic) bond motifs is 1. The van der Waals surface area contributed by atoms with Crippen LogP contribution in [0.4, 0.5) is 10.1 Å². The smallest absolute Gasteiger partial charge is 0.275 e. The number of aromatic nitrogens is 2. The van der Waals surface area contributed by atoms with Gasteiger partial charge in [0.15, 0.2) is 0 Å². The summed E-state index contributed by atoms with van der Waals surface area (Å²) in [5.74, 6) is 6.61. The molecule has 0 amide bonds. The SMILES string of the molecule is O=c1c2sc(C#CC3CC3)cc2ncn1-c1ccc(N2CC[C@@H](N3CCCC3)C2)c(F)c1. The fourth-order valence-electron chi connectivity index (χ4n) is 4.83. The molecule has 3 aromatic rings. The lowest BCUT2D eigenvalue weighted by Crippen LogP contribution is -2.35. The van der Waals surface area contributed by atoms with Gasteiger partial charge in [0, 0.05) is 31.1 Å². The Balaban J connectivity index is 1.26. The first-order chi connectivity index (χ1) is 15.7. The highest BCUT2D eigenvalue weighted by molar-refractivity contribution is 7.19. The minimum absolute atomic E-state index is 0.179. The van der Waals surface area contributed by atoms with Gasteiger partial charge in [-0.25, -0.2) is 9.37 Å². The average Bonchev–Trinajstić information content (AvgIpc) is 3.19. The molecule has 2 aromatic heterocycles. The van der Waals surface area contributed by atoms with Crippen LogP contribution in [0.15, 0.2) is 35.4 Å². The van der Waals surface area contributed by atoms with Gasteiger partial charge in [-0.15, -0.1) is 11.3 Å². The normalized spacial score (nSPS) is 21.3. The van der Waals surface area contributed by atoms with Crippen LogP contribution in [0.5, 0.6) is 0 Å². The van der Waals surface area contributed by atoms with Gasteiger partial charge < -0.3 is 4.90 Å². The number of hydrogen-bond donors (Lipinski definition) is 0. The predicted octanol–water partition coefficient (Wildman–Crippen LogP) is 4.02. The van der Waals surface area contributed by atoms with Crippen LogP contribution in [0, 0.1) is 23.6 Å². The molecule has 0 radical (unpaired) electrons. The molecule has 164 valence electrons. The van der Waals surface area contributed by atoms with Gasteiger partial charge in [0.1, 0.15) is 16.8 Å². The molecule has 1 saturated carbocycles. The van der Waals surface area contributed by atoms with E-state index in [-0.39, 0.29) is 11.4 Å². The average molecular weight is 449 g/mol. The summed E-state index contributed by atoms with van der Waals surface area (Å²) < 4.78 is 17.1. The van der Waals surface area contributed by atoms with Gasteiger partial charge in [0.05, 0.1) is 21.8 Å². The third-order valence-electron chi connectivity index (χ3n) is 6.79. The molecule has 0 N–H and O–H groups in total. The Bertz CT molecular complexity index is 1290. The van der Waals surface area contributed by atoms with Gasteiger partial charge in [-0.3, -0.25) is 14.3 Å². The van der Waals surface area contributed by atoms with Gasteiger partial charge >= 0.3 is 0 Å². The number of anilines is 1. The number of rotatable bonds is 3. The Hall–Kier alpha value is -2.69. The molecular weight excluding hydrogens is 423 g/mol. The first kappa shape index (κ1) is 20.0. The molecule has 32 heavy (non-hydrogen) atoms. The predicted molar refractivity (Wildman–Crippen MR) is 126 cm³/mol. The molecule has 0 unspecified atom stereocenters. The molecule has 0 bridgehead atoms. The lowest BCUT2D eigenvalue weighted by Gasteiger charge is -2.24. The van der Waals surface area contributed by atoms with Gasteiger partial charge in [-0.2, -0.15) is 0 Å². The van der Waals surface area contributed by atoms with Crippen LogP contribution in [0.3, 0.4) is 0 Å². The fraction of sp³-hybridized carbons (Fsp3) is 0.440. The quantitative estimate of drug-likeness (QED) is 0.568. The molecule has 1 aliphatic carbocycles. The van der Waals surface area contributed by atoms with E-state index < -0.39 is 0 Å². The Morgan fingerprint density at radius 3 is 2.72 bits per heavy atom. The highest BCUT2D eigenvalue weighted by Crippen LogP contribution is 2.30. The number of hydrogen-bond acceptors (Lipinski definition) is 5. The second-order valence-electron chi connectivity index (χ2n) is 9.06. The zero-order valence-electron chi connectivity index (χ0n) is 17.9. The standard InChI is InChI=1S/C25H25FN4OS/c26-21-13-18(6-8-23(21)29-12-9-19(15-29)28-10-1-2-11-28)30-16-27-22-14-20(7-5-17-3-4-17)32-24(22)25(30)31/h6,8,13-14,16-17,19H,1-4,9-12,15H2/t19-/m1/s1. The van der Waals surface area contributed by atoms with Crippen LogP contribution in [0.2, 0.25) is 0 Å². The maximum absolute atomic E-state index is 15.1. The lowest BCUT2D eigenvalue weighted by molar-refractivity contribution is 0.260. The van der Waals surface area contributed by atoms with E-state index in [9.17, 15) is 4.79 Å². The summed E-state index contributed by atoms with van der Waals surface area (Å²) in [6, 6.07) is 7.46. The summed E-state index contributed by atoms with van der Waals surface area (Å²) in [5.41, 5.74) is 1.59. The molecule has 1 atom stereocenters. The molecule has 6 rings (SSSR count). The second-order valence-corrected chi connectivity index (χ2v) is 10.1. The minimum Gasteiger partial charge on any atom is -0.368 e. The van der Waals surface area contributed by atoms with E-state index >= 15 is 4.39 Å². The number of likely N-dealkylation sites (tertiary alicyclic amines) is 1. The van der Waals surface area contributed by atoms with Crippen molar-refractivity contribution in [3.8, 4) is 17.5 Å². The Morgan fingerprint density at radius 1 is 1.09 bits per heavy atom. The summed E-state index contributed by atoms with van der Waals surface area (Å²) in [7, 11) is 0. The molecule has 4 heterocycles. The first-order valence-corrected chi connectivity index (χ1v) is 12.3. The number of thiophene rings is 1. The van der Waals surface area contributed by atoms with Crippen molar-refractivity contribution in [1.82, 2.24) is 14.5 Å². The third-order valence-corrected chi connectivity index (χ3v) is 7.81. The van der Waals surface area contributed by atoms with E-state index in [0.29, 0.717) is 33.6 Å². The van der Waals surface area contributed by atoms with Crippen molar-refractivity contribution in [2.45, 2.75) is 38.1 Å². The van der Waals surface area contributed by atoms with Crippen LogP contribution in [-0.2, 0) is 0 Å². The van der Waals surface area contributed by atoms with Crippen molar-refractivity contribution >= 4 is 27.2 Å². The Morgan fingerprint density at radius 2 is 1.94 bits per heavy atom. The molecule has 7 heteroatoms. The van der Waals surface area contributed by atoms with Crippen LogP contribution in [0.1, 0.15) is 37.0 Å². The van der Waals surface area contributed by atoms with Crippen LogP contribution in [0.25, 0.3) is 15.9 Å². The molecule has 2 saturated heterocycles. The van der Waals surface area contributed by atoms with Crippen molar-refractivity contribution in [3.63, 3.8) is 0 Å². The molecule has 2 aliphatic heterocycles. The topological polar surface area (TPSA) is 41.4 Å². The molecule has 3 fully saturated rings. The fourth-order valence-corrected chi connectivity index (χ4v) is 5.73. The number of nitrogens with zero attached hydrogens (tertiary/aromatic N) is 4. The summed E-state index contributed by atoms with van der Waals surface area (Å²) in [6.07, 6.45) is 7.44. The monoisotopic (exact) mass is 448 g/mol. The minimum atomic E-state index is -0.293. The van der Waals surface area contributed by atoms with E-state index in [2.05, 4.69) is 26.6 Å². The maximum Gasteiger partial charge on any atom is 0.275 e. The van der Waals surface area contributed by atoms with Gasteiger partial charge in [0.25, 0.3) is 5.56 Å². The van der Waals surface area contributed by atoms with Gasteiger partial charge in [-0.05, 0) is 63.4 Å². The maximum atomic E-state index is 15.1. The van der Waals surface area contributed by atoms with Crippen LogP contribution < -0.4 is 10.5 Å². The van der Waals surface area contributed by atoms with E-state index in [1.54, 1.807) is 6.07 Å². The number of halogens is 1. The molecule has 5 nitrogen and oxygen atoms in total. The Labute approximate surface area is 190 Å². The van der Waals surface area contributed by atoms with Gasteiger partial charge in [0.2, 0.25) is 0 Å². The summed E-state index contributed by atoms with van der Waals surface area (Å²) in [4.78, 5) is 23.0. The summed E-state index contributed by atoms with van der Waals surface area (Å²) >= 11 is 1.37. The van der Waals surface area contributed by atoms with Crippen molar-refractivity contribution in [1.29, 1.82) is 0 Å². The lowest BCUT2D eigenvalue weighted by atomic mass is 10.2. The van der Waals surface area contributed by atoms with Crippen molar-refractivity contribution in [2.24, 2.45) is 5.92 Å². The Kier molecular flexibility index (Phi) is 5.00. The molecule has 0 spiro atoms. The van der Waals surface area contributed by atoms with E-state index in [4.69, 9.17) is 0 Å². The second kappa shape index (κ2) is 8.02. The highest BCUT2D eigenvalue weighted by Gasteiger charge is 2.30. The first-order valence-electron chi connectivity index (χ1n) is 11.5. The van der Waals surface area contributed by atoms with E-state index in [1.165, 1.54) is 54.0 Å². The summed E-state index contributed by atoms with van der Waals surface area (Å²) in [6.45, 7) is 4.05. The van der Waals surface area contributed by atoms with E-state index in [0.717, 1.165) is 37.5 Å². The van der Waals surface area contributed by atoms with Crippen molar-refractivity contribution < 1.29 is 4.39 Å². The zero-order valence-corrected chi connectivity index (χ0v) is 18.7. The van der Waals surface area contributed by atoms with Gasteiger partial charge in [-0.1, -0.05) is 11.8 Å². The van der Waals surface area contributed by atoms with Crippen molar-refractivity contribution in [2.75, 3.05) is 31.1 Å². The zero-order chi connectivity index (χ0) is 21.7. The van der Waals surface area contributed by atoms with E-state index in [1.807, 2.05) is 12.1 Å². The molecular formula is C25H25FN4OS. The van der Waals surface area contributed by atoms with Crippen molar-refractivity contribution in [3.05, 3.63) is 51.6 Å². The largest absolute Gasteiger partial charge is 0.368 e. The summed E-state index contributed by atoms with van der Waals surface area (Å²) in [5, 5.41) is 0. The van der Waals surface area contributed by atoms with Crippen LogP contribution in [-0.4, -0.2) is 46.7 Å². The number of benzene rings is 1. The molecule has 1 aromatic carbocycles. The third kappa shape index (κ3) is 3.72. The van der Waals surface area contributed by atoms with Crippen LogP contribution >= 0.6 is 11.3 Å². The molecule has 3 aliphatic rings. The highest BCUT2D eigenvalue weighted by atomic mass is 32.1.